The number of ether oxygens (including phenoxy) is 3. The molecule has 6 rings (SSSR count). The van der Waals surface area contributed by atoms with Crippen LogP contribution in [0.4, 0.5) is 13.6 Å². The molecule has 0 spiro atoms. The van der Waals surface area contributed by atoms with Crippen LogP contribution in [0.2, 0.25) is 0 Å². The van der Waals surface area contributed by atoms with Gasteiger partial charge in [0, 0.05) is 27.4 Å². The number of allylic oxidation sites excluding steroid dienone is 1. The summed E-state index contributed by atoms with van der Waals surface area (Å²) in [5.74, 6) is -2.44. The van der Waals surface area contributed by atoms with Crippen LogP contribution in [-0.4, -0.2) is 96.8 Å². The standard InChI is InChI=1S/C39H51F2N5O9S.C2H6.3H2/c1-6-23-17-22(2)11-7-8-12-24-19-39(24,36(49)45-56(51,52)26-15-16-26)44-32(47)29-18-25(54-33-28-14-10-9-13-27(28)30(53-5)20-42-33)21-46(29)34(48)31(23)43-37(50)55-38(3,4)35(40)41;1-2;;;/h8-10,12-14,20,22-26,29,31,35H,6-7,11,15-19,21H2,1-5H3,(H,43,50)(H,44,47)(H,45,49);1-2H3;3*1H/b12-8-;;;;/t22-,23-,24-,25-,29+,31?,39-;;;;/m1..../s1. The molecule has 3 heterocycles. The quantitative estimate of drug-likeness (QED) is 0.227. The van der Waals surface area contributed by atoms with Gasteiger partial charge in [-0.15, -0.1) is 0 Å². The second-order valence-electron chi connectivity index (χ2n) is 16.0. The molecule has 0 radical (unpaired) electrons. The van der Waals surface area contributed by atoms with E-state index in [0.29, 0.717) is 49.7 Å². The summed E-state index contributed by atoms with van der Waals surface area (Å²) in [6.45, 7) is 9.85. The molecule has 7 atom stereocenters. The van der Waals surface area contributed by atoms with Crippen molar-refractivity contribution >= 4 is 44.6 Å². The van der Waals surface area contributed by atoms with Gasteiger partial charge in [0.25, 0.3) is 12.3 Å². The molecule has 1 aromatic carbocycles. The van der Waals surface area contributed by atoms with E-state index in [0.717, 1.165) is 19.2 Å². The Morgan fingerprint density at radius 3 is 2.45 bits per heavy atom. The number of alkyl carbamates (subject to hydrolysis) is 1. The monoisotopic (exact) mass is 839 g/mol. The summed E-state index contributed by atoms with van der Waals surface area (Å²) in [4.78, 5) is 62.1. The number of nitrogens with one attached hydrogen (secondary N) is 3. The lowest BCUT2D eigenvalue weighted by Gasteiger charge is -2.34. The van der Waals surface area contributed by atoms with Crippen molar-refractivity contribution in [2.45, 2.75) is 134 Å². The Kier molecular flexibility index (Phi) is 14.0. The van der Waals surface area contributed by atoms with Crippen LogP contribution in [0.5, 0.6) is 11.6 Å². The molecule has 2 aliphatic heterocycles. The Labute approximate surface area is 343 Å². The van der Waals surface area contributed by atoms with E-state index in [2.05, 4.69) is 20.3 Å². The molecule has 326 valence electrons. The van der Waals surface area contributed by atoms with Gasteiger partial charge in [0.15, 0.2) is 5.60 Å². The van der Waals surface area contributed by atoms with Gasteiger partial charge in [0.1, 0.15) is 29.5 Å². The van der Waals surface area contributed by atoms with Gasteiger partial charge in [-0.1, -0.05) is 64.5 Å². The number of pyridine rings is 1. The average molecular weight is 840 g/mol. The van der Waals surface area contributed by atoms with E-state index in [1.54, 1.807) is 12.1 Å². The number of rotatable bonds is 10. The van der Waals surface area contributed by atoms with E-state index in [9.17, 15) is 36.4 Å². The summed E-state index contributed by atoms with van der Waals surface area (Å²) >= 11 is 0. The van der Waals surface area contributed by atoms with E-state index in [4.69, 9.17) is 14.2 Å². The van der Waals surface area contributed by atoms with Crippen molar-refractivity contribution in [2.75, 3.05) is 13.7 Å². The maximum absolute atomic E-state index is 14.9. The number of carbonyl (C=O) groups excluding carboxylic acids is 4. The minimum absolute atomic E-state index is 0. The van der Waals surface area contributed by atoms with E-state index in [1.165, 1.54) is 18.2 Å². The van der Waals surface area contributed by atoms with Crippen LogP contribution in [0.15, 0.2) is 42.6 Å². The summed E-state index contributed by atoms with van der Waals surface area (Å²) in [5, 5.41) is 6.08. The minimum atomic E-state index is -3.95. The highest BCUT2D eigenvalue weighted by Gasteiger charge is 2.62. The van der Waals surface area contributed by atoms with Crippen LogP contribution < -0.4 is 24.8 Å². The number of aromatic nitrogens is 1. The van der Waals surface area contributed by atoms with E-state index < -0.39 is 86.7 Å². The molecule has 1 aromatic heterocycles. The predicted octanol–water partition coefficient (Wildman–Crippen LogP) is 6.38. The summed E-state index contributed by atoms with van der Waals surface area (Å²) in [7, 11) is -2.43. The number of methoxy groups -OCH3 is 1. The molecule has 3 N–H and O–H groups in total. The second-order valence-corrected chi connectivity index (χ2v) is 18.0. The molecular formula is C41H63F2N5O9S. The average Bonchev–Trinajstić information content (AvgIpc) is 4.12. The zero-order chi connectivity index (χ0) is 42.6. The molecule has 1 saturated heterocycles. The molecule has 1 unspecified atom stereocenters. The van der Waals surface area contributed by atoms with Gasteiger partial charge in [-0.2, -0.15) is 0 Å². The van der Waals surface area contributed by atoms with Crippen LogP contribution in [0.1, 0.15) is 97.2 Å². The third-order valence-electron chi connectivity index (χ3n) is 11.3. The fourth-order valence-corrected chi connectivity index (χ4v) is 9.08. The molecule has 4 amide bonds. The first kappa shape index (κ1) is 44.6. The zero-order valence-corrected chi connectivity index (χ0v) is 35.1. The van der Waals surface area contributed by atoms with Gasteiger partial charge in [0.2, 0.25) is 27.7 Å². The fourth-order valence-electron chi connectivity index (χ4n) is 7.71. The molecule has 17 heteroatoms. The number of benzene rings is 1. The first-order chi connectivity index (χ1) is 27.5. The number of amides is 4. The van der Waals surface area contributed by atoms with Crippen molar-refractivity contribution in [3.8, 4) is 11.6 Å². The Morgan fingerprint density at radius 2 is 1.81 bits per heavy atom. The molecule has 3 fully saturated rings. The zero-order valence-electron chi connectivity index (χ0n) is 34.3. The Hall–Kier alpha value is -4.54. The number of fused-ring (bicyclic) bond motifs is 3. The van der Waals surface area contributed by atoms with Gasteiger partial charge in [0.05, 0.1) is 25.1 Å². The minimum Gasteiger partial charge on any atom is -0.494 e. The molecule has 2 saturated carbocycles. The summed E-state index contributed by atoms with van der Waals surface area (Å²) < 4.78 is 72.4. The first-order valence-electron chi connectivity index (χ1n) is 20.2. The molecule has 14 nitrogen and oxygen atoms in total. The van der Waals surface area contributed by atoms with Crippen molar-refractivity contribution in [2.24, 2.45) is 17.8 Å². The van der Waals surface area contributed by atoms with Crippen LogP contribution in [0.3, 0.4) is 0 Å². The predicted molar refractivity (Wildman–Crippen MR) is 219 cm³/mol. The third-order valence-corrected chi connectivity index (χ3v) is 13.2. The molecule has 2 aromatic rings. The Morgan fingerprint density at radius 1 is 1.12 bits per heavy atom. The number of hydrogen-bond donors (Lipinski definition) is 3. The van der Waals surface area contributed by atoms with Crippen molar-refractivity contribution in [3.05, 3.63) is 42.6 Å². The maximum atomic E-state index is 14.9. The maximum Gasteiger partial charge on any atom is 0.408 e. The van der Waals surface area contributed by atoms with Gasteiger partial charge >= 0.3 is 6.09 Å². The van der Waals surface area contributed by atoms with Crippen LogP contribution >= 0.6 is 0 Å². The fraction of sp³-hybridized carbons (Fsp3) is 0.634. The Balaban J connectivity index is 0.00000252. The van der Waals surface area contributed by atoms with Crippen molar-refractivity contribution < 1.29 is 54.9 Å². The lowest BCUT2D eigenvalue weighted by molar-refractivity contribution is -0.142. The molecule has 2 aliphatic carbocycles. The molecule has 4 aliphatic rings. The van der Waals surface area contributed by atoms with Crippen LogP contribution in [0, 0.1) is 17.8 Å². The highest BCUT2D eigenvalue weighted by Crippen LogP contribution is 2.46. The summed E-state index contributed by atoms with van der Waals surface area (Å²) in [6, 6.07) is 4.74. The highest BCUT2D eigenvalue weighted by atomic mass is 32.2. The van der Waals surface area contributed by atoms with Gasteiger partial charge in [-0.05, 0) is 70.3 Å². The normalized spacial score (nSPS) is 28.3. The van der Waals surface area contributed by atoms with E-state index in [-0.39, 0.29) is 35.5 Å². The Bertz CT molecular complexity index is 1990. The van der Waals surface area contributed by atoms with Gasteiger partial charge < -0.3 is 29.7 Å². The SMILES string of the molecule is CC.CC[C@@H]1C[C@H](C)CC/C=C\[C@@H]2C[C@@]2(C(=O)NS(=O)(=O)C2CC2)NC(=O)[C@@H]2C[C@@H](Oc3ncc(OC)c4ccccc34)CN2C(=O)C1NC(=O)OC(C)(C)C(F)F.[HH].[HH].[HH]. The second kappa shape index (κ2) is 18.2. The summed E-state index contributed by atoms with van der Waals surface area (Å²) in [6.07, 6.45) is 3.33. The van der Waals surface area contributed by atoms with Crippen molar-refractivity contribution in [3.63, 3.8) is 0 Å². The number of halogens is 2. The number of alkyl halides is 2. The van der Waals surface area contributed by atoms with Crippen LogP contribution in [-0.2, 0) is 29.1 Å². The number of hydrogen-bond acceptors (Lipinski definition) is 10. The highest BCUT2D eigenvalue weighted by molar-refractivity contribution is 7.91. The topological polar surface area (TPSA) is 182 Å². The molecular weight excluding hydrogens is 777 g/mol. The number of sulfonamides is 1. The van der Waals surface area contributed by atoms with Crippen LogP contribution in [0.25, 0.3) is 10.8 Å². The largest absolute Gasteiger partial charge is 0.494 e. The lowest BCUT2D eigenvalue weighted by atomic mass is 9.85. The first-order valence-corrected chi connectivity index (χ1v) is 21.8. The summed E-state index contributed by atoms with van der Waals surface area (Å²) in [5.41, 5.74) is -3.74. The number of nitrogens with zero attached hydrogens (tertiary/aromatic N) is 2. The van der Waals surface area contributed by atoms with Gasteiger partial charge in [-0.3, -0.25) is 19.1 Å². The third kappa shape index (κ3) is 9.83. The van der Waals surface area contributed by atoms with E-state index >= 15 is 0 Å². The van der Waals surface area contributed by atoms with Crippen molar-refractivity contribution in [1.29, 1.82) is 0 Å². The van der Waals surface area contributed by atoms with E-state index in [1.807, 2.05) is 52.0 Å². The smallest absolute Gasteiger partial charge is 0.408 e. The number of carbonyl (C=O) groups is 4. The van der Waals surface area contributed by atoms with Gasteiger partial charge in [-0.25, -0.2) is 27.0 Å². The van der Waals surface area contributed by atoms with Crippen molar-refractivity contribution in [1.82, 2.24) is 25.2 Å². The lowest BCUT2D eigenvalue weighted by Crippen LogP contribution is -2.59. The molecule has 0 bridgehead atoms. The molecule has 58 heavy (non-hydrogen) atoms.